The Morgan fingerprint density at radius 1 is 1.23 bits per heavy atom. The van der Waals surface area contributed by atoms with Crippen LogP contribution in [0.25, 0.3) is 0 Å². The summed E-state index contributed by atoms with van der Waals surface area (Å²) in [6.45, 7) is 1.86. The van der Waals surface area contributed by atoms with Crippen molar-refractivity contribution in [3.63, 3.8) is 0 Å². The summed E-state index contributed by atoms with van der Waals surface area (Å²) in [6, 6.07) is 8.33. The van der Waals surface area contributed by atoms with Crippen LogP contribution in [0.4, 0.5) is 0 Å². The number of nitrogens with one attached hydrogen (secondary N) is 2. The van der Waals surface area contributed by atoms with Crippen LogP contribution in [0.2, 0.25) is 0 Å². The molecule has 0 aliphatic carbocycles. The average molecular weight is 192 g/mol. The fourth-order valence-corrected chi connectivity index (χ4v) is 1.89. The lowest BCUT2D eigenvalue weighted by molar-refractivity contribution is 0.689. The molecule has 0 aromatic carbocycles. The molecule has 0 radical (unpaired) electrons. The highest BCUT2D eigenvalue weighted by molar-refractivity contribution is 7.09. The summed E-state index contributed by atoms with van der Waals surface area (Å²) in [7, 11) is 0. The van der Waals surface area contributed by atoms with Crippen LogP contribution >= 0.6 is 11.3 Å². The van der Waals surface area contributed by atoms with Gasteiger partial charge in [0.15, 0.2) is 0 Å². The molecule has 0 saturated carbocycles. The van der Waals surface area contributed by atoms with Gasteiger partial charge in [-0.1, -0.05) is 6.07 Å². The molecule has 68 valence electrons. The first-order valence-corrected chi connectivity index (χ1v) is 5.18. The number of aromatic amines is 1. The van der Waals surface area contributed by atoms with Crippen molar-refractivity contribution >= 4 is 11.3 Å². The summed E-state index contributed by atoms with van der Waals surface area (Å²) in [5.74, 6) is 0. The third kappa shape index (κ3) is 2.44. The van der Waals surface area contributed by atoms with E-state index in [1.165, 1.54) is 10.6 Å². The van der Waals surface area contributed by atoms with E-state index in [-0.39, 0.29) is 0 Å². The highest BCUT2D eigenvalue weighted by Gasteiger charge is 1.93. The van der Waals surface area contributed by atoms with Crippen molar-refractivity contribution in [3.05, 3.63) is 46.4 Å². The Morgan fingerprint density at radius 3 is 2.92 bits per heavy atom. The number of hydrogen-bond acceptors (Lipinski definition) is 2. The lowest BCUT2D eigenvalue weighted by atomic mass is 10.4. The van der Waals surface area contributed by atoms with Crippen molar-refractivity contribution < 1.29 is 0 Å². The lowest BCUT2D eigenvalue weighted by Gasteiger charge is -2.00. The Kier molecular flexibility index (Phi) is 2.79. The molecule has 2 aromatic heterocycles. The van der Waals surface area contributed by atoms with Crippen LogP contribution in [-0.4, -0.2) is 4.98 Å². The summed E-state index contributed by atoms with van der Waals surface area (Å²) >= 11 is 1.79. The zero-order chi connectivity index (χ0) is 8.93. The first kappa shape index (κ1) is 8.53. The second-order valence-electron chi connectivity index (χ2n) is 2.88. The van der Waals surface area contributed by atoms with Crippen LogP contribution in [0.5, 0.6) is 0 Å². The molecule has 2 heterocycles. The summed E-state index contributed by atoms with van der Waals surface area (Å²) in [4.78, 5) is 4.54. The molecule has 0 amide bonds. The van der Waals surface area contributed by atoms with Crippen LogP contribution in [0, 0.1) is 0 Å². The molecule has 0 aliphatic rings. The van der Waals surface area contributed by atoms with Crippen molar-refractivity contribution in [1.29, 1.82) is 0 Å². The number of rotatable bonds is 4. The standard InChI is InChI=1S/C10H12N2S/c1-3-9(12-5-1)7-11-8-10-4-2-6-13-10/h1-6,11-12H,7-8H2. The highest BCUT2D eigenvalue weighted by Crippen LogP contribution is 2.07. The van der Waals surface area contributed by atoms with E-state index in [9.17, 15) is 0 Å². The van der Waals surface area contributed by atoms with Gasteiger partial charge < -0.3 is 10.3 Å². The monoisotopic (exact) mass is 192 g/mol. The van der Waals surface area contributed by atoms with E-state index in [1.54, 1.807) is 11.3 Å². The van der Waals surface area contributed by atoms with Crippen molar-refractivity contribution in [2.24, 2.45) is 0 Å². The molecule has 0 aliphatic heterocycles. The Hall–Kier alpha value is -1.06. The normalized spacial score (nSPS) is 10.5. The molecule has 3 heteroatoms. The molecule has 2 rings (SSSR count). The Bertz CT molecular complexity index is 289. The van der Waals surface area contributed by atoms with Gasteiger partial charge >= 0.3 is 0 Å². The van der Waals surface area contributed by atoms with E-state index in [4.69, 9.17) is 0 Å². The van der Waals surface area contributed by atoms with Gasteiger partial charge in [-0.3, -0.25) is 0 Å². The smallest absolute Gasteiger partial charge is 0.0360 e. The van der Waals surface area contributed by atoms with Crippen molar-refractivity contribution in [2.45, 2.75) is 13.1 Å². The Morgan fingerprint density at radius 2 is 2.23 bits per heavy atom. The van der Waals surface area contributed by atoms with Crippen LogP contribution in [0.15, 0.2) is 35.8 Å². The van der Waals surface area contributed by atoms with Crippen LogP contribution in [0.3, 0.4) is 0 Å². The molecular formula is C10H12N2S. The first-order valence-electron chi connectivity index (χ1n) is 4.30. The maximum absolute atomic E-state index is 3.37. The fourth-order valence-electron chi connectivity index (χ4n) is 1.21. The maximum atomic E-state index is 3.37. The van der Waals surface area contributed by atoms with E-state index >= 15 is 0 Å². The third-order valence-corrected chi connectivity index (χ3v) is 2.73. The zero-order valence-electron chi connectivity index (χ0n) is 7.29. The van der Waals surface area contributed by atoms with Gasteiger partial charge in [0, 0.05) is 29.9 Å². The molecule has 2 nitrogen and oxygen atoms in total. The minimum Gasteiger partial charge on any atom is -0.364 e. The summed E-state index contributed by atoms with van der Waals surface area (Å²) < 4.78 is 0. The number of hydrogen-bond donors (Lipinski definition) is 2. The molecule has 0 unspecified atom stereocenters. The molecule has 2 N–H and O–H groups in total. The molecule has 0 spiro atoms. The van der Waals surface area contributed by atoms with Crippen molar-refractivity contribution in [3.8, 4) is 0 Å². The third-order valence-electron chi connectivity index (χ3n) is 1.86. The predicted octanol–water partition coefficient (Wildman–Crippen LogP) is 2.37. The van der Waals surface area contributed by atoms with Gasteiger partial charge in [0.25, 0.3) is 0 Å². The van der Waals surface area contributed by atoms with E-state index < -0.39 is 0 Å². The van der Waals surface area contributed by atoms with Crippen LogP contribution in [0.1, 0.15) is 10.6 Å². The SMILES string of the molecule is c1c[nH]c(CNCc2cccs2)c1. The number of thiophene rings is 1. The first-order chi connectivity index (χ1) is 6.45. The number of H-pyrrole nitrogens is 1. The van der Waals surface area contributed by atoms with E-state index in [0.717, 1.165) is 13.1 Å². The summed E-state index contributed by atoms with van der Waals surface area (Å²) in [5, 5.41) is 5.47. The minimum absolute atomic E-state index is 0.908. The van der Waals surface area contributed by atoms with Crippen LogP contribution in [-0.2, 0) is 13.1 Å². The van der Waals surface area contributed by atoms with Gasteiger partial charge in [-0.05, 0) is 23.6 Å². The largest absolute Gasteiger partial charge is 0.364 e. The second kappa shape index (κ2) is 4.25. The van der Waals surface area contributed by atoms with Gasteiger partial charge in [0.05, 0.1) is 0 Å². The second-order valence-corrected chi connectivity index (χ2v) is 3.91. The molecule has 0 fully saturated rings. The molecule has 0 saturated heterocycles. The van der Waals surface area contributed by atoms with E-state index in [1.807, 2.05) is 12.3 Å². The van der Waals surface area contributed by atoms with Gasteiger partial charge in [0.1, 0.15) is 0 Å². The fraction of sp³-hybridized carbons (Fsp3) is 0.200. The van der Waals surface area contributed by atoms with Crippen molar-refractivity contribution in [1.82, 2.24) is 10.3 Å². The Labute approximate surface area is 81.6 Å². The molecule has 0 atom stereocenters. The predicted molar refractivity (Wildman–Crippen MR) is 55.7 cm³/mol. The minimum atomic E-state index is 0.908. The van der Waals surface area contributed by atoms with E-state index in [2.05, 4.69) is 33.9 Å². The van der Waals surface area contributed by atoms with Crippen LogP contribution < -0.4 is 5.32 Å². The molecule has 0 bridgehead atoms. The number of aromatic nitrogens is 1. The summed E-state index contributed by atoms with van der Waals surface area (Å²) in [6.07, 6.45) is 1.95. The zero-order valence-corrected chi connectivity index (χ0v) is 8.10. The van der Waals surface area contributed by atoms with Crippen molar-refractivity contribution in [2.75, 3.05) is 0 Å². The average Bonchev–Trinajstić information content (AvgIpc) is 2.75. The summed E-state index contributed by atoms with van der Waals surface area (Å²) in [5.41, 5.74) is 1.23. The molecular weight excluding hydrogens is 180 g/mol. The van der Waals surface area contributed by atoms with Gasteiger partial charge in [-0.2, -0.15) is 0 Å². The molecule has 13 heavy (non-hydrogen) atoms. The maximum Gasteiger partial charge on any atom is 0.0360 e. The quantitative estimate of drug-likeness (QED) is 0.764. The van der Waals surface area contributed by atoms with E-state index in [0.29, 0.717) is 0 Å². The van der Waals surface area contributed by atoms with Gasteiger partial charge in [-0.15, -0.1) is 11.3 Å². The van der Waals surface area contributed by atoms with Gasteiger partial charge in [0.2, 0.25) is 0 Å². The lowest BCUT2D eigenvalue weighted by Crippen LogP contribution is -2.11. The highest BCUT2D eigenvalue weighted by atomic mass is 32.1. The topological polar surface area (TPSA) is 27.8 Å². The molecule has 2 aromatic rings. The Balaban J connectivity index is 1.76. The van der Waals surface area contributed by atoms with Gasteiger partial charge in [-0.25, -0.2) is 0 Å².